The lowest BCUT2D eigenvalue weighted by molar-refractivity contribution is 0.134. The first-order valence-electron chi connectivity index (χ1n) is 6.37. The van der Waals surface area contributed by atoms with E-state index in [1.165, 1.54) is 11.1 Å². The standard InChI is InChI=1S/C16H17NO2/c1-18-15-4-2-3-11(8-15)16(17)12-5-6-13-9-19-10-14(13)7-12/h2-8,16H,9-10,17H2,1H3. The summed E-state index contributed by atoms with van der Waals surface area (Å²) >= 11 is 0. The molecule has 98 valence electrons. The van der Waals surface area contributed by atoms with Crippen molar-refractivity contribution in [2.45, 2.75) is 19.3 Å². The number of ether oxygens (including phenoxy) is 2. The number of fused-ring (bicyclic) bond motifs is 1. The maximum Gasteiger partial charge on any atom is 0.119 e. The second-order valence-corrected chi connectivity index (χ2v) is 4.78. The average Bonchev–Trinajstić information content (AvgIpc) is 2.94. The van der Waals surface area contributed by atoms with Crippen LogP contribution in [0.2, 0.25) is 0 Å². The van der Waals surface area contributed by atoms with Crippen molar-refractivity contribution in [3.8, 4) is 5.75 Å². The topological polar surface area (TPSA) is 44.5 Å². The molecule has 3 heteroatoms. The van der Waals surface area contributed by atoms with Gasteiger partial charge in [0, 0.05) is 0 Å². The van der Waals surface area contributed by atoms with Crippen LogP contribution in [0.4, 0.5) is 0 Å². The molecule has 0 bridgehead atoms. The van der Waals surface area contributed by atoms with E-state index in [-0.39, 0.29) is 6.04 Å². The zero-order valence-corrected chi connectivity index (χ0v) is 10.9. The first-order valence-corrected chi connectivity index (χ1v) is 6.37. The minimum Gasteiger partial charge on any atom is -0.497 e. The van der Waals surface area contributed by atoms with Crippen LogP contribution in [0.15, 0.2) is 42.5 Å². The van der Waals surface area contributed by atoms with Gasteiger partial charge in [-0.05, 0) is 34.4 Å². The minimum atomic E-state index is -0.138. The quantitative estimate of drug-likeness (QED) is 0.917. The fourth-order valence-corrected chi connectivity index (χ4v) is 2.41. The Labute approximate surface area is 113 Å². The molecule has 0 fully saturated rings. The molecule has 3 nitrogen and oxygen atoms in total. The van der Waals surface area contributed by atoms with Crippen molar-refractivity contribution in [2.75, 3.05) is 7.11 Å². The van der Waals surface area contributed by atoms with E-state index in [9.17, 15) is 0 Å². The second kappa shape index (κ2) is 5.03. The maximum absolute atomic E-state index is 6.34. The largest absolute Gasteiger partial charge is 0.497 e. The van der Waals surface area contributed by atoms with Crippen LogP contribution in [0.5, 0.6) is 5.75 Å². The number of methoxy groups -OCH3 is 1. The Hall–Kier alpha value is -1.84. The Morgan fingerprint density at radius 2 is 1.84 bits per heavy atom. The molecule has 0 saturated carbocycles. The molecule has 3 rings (SSSR count). The van der Waals surface area contributed by atoms with Crippen LogP contribution >= 0.6 is 0 Å². The third kappa shape index (κ3) is 2.35. The normalized spacial score (nSPS) is 15.1. The molecule has 0 aromatic heterocycles. The van der Waals surface area contributed by atoms with Crippen LogP contribution < -0.4 is 10.5 Å². The predicted molar refractivity (Wildman–Crippen MR) is 74.0 cm³/mol. The SMILES string of the molecule is COc1cccc(C(N)c2ccc3c(c2)COC3)c1. The number of benzene rings is 2. The van der Waals surface area contributed by atoms with Crippen molar-refractivity contribution in [3.05, 3.63) is 64.7 Å². The highest BCUT2D eigenvalue weighted by Crippen LogP contribution is 2.27. The van der Waals surface area contributed by atoms with Crippen molar-refractivity contribution in [2.24, 2.45) is 5.73 Å². The molecule has 0 spiro atoms. The monoisotopic (exact) mass is 255 g/mol. The minimum absolute atomic E-state index is 0.138. The number of hydrogen-bond acceptors (Lipinski definition) is 3. The Kier molecular flexibility index (Phi) is 3.23. The Morgan fingerprint density at radius 3 is 2.68 bits per heavy atom. The summed E-state index contributed by atoms with van der Waals surface area (Å²) in [6, 6.07) is 14.1. The second-order valence-electron chi connectivity index (χ2n) is 4.78. The Bertz CT molecular complexity index is 595. The van der Waals surface area contributed by atoms with Gasteiger partial charge in [0.2, 0.25) is 0 Å². The van der Waals surface area contributed by atoms with Gasteiger partial charge in [0.1, 0.15) is 5.75 Å². The lowest BCUT2D eigenvalue weighted by Crippen LogP contribution is -2.12. The lowest BCUT2D eigenvalue weighted by Gasteiger charge is -2.14. The molecule has 0 radical (unpaired) electrons. The molecule has 2 aromatic rings. The molecule has 1 aliphatic rings. The van der Waals surface area contributed by atoms with Gasteiger partial charge < -0.3 is 15.2 Å². The smallest absolute Gasteiger partial charge is 0.119 e. The molecule has 1 aliphatic heterocycles. The van der Waals surface area contributed by atoms with Gasteiger partial charge in [0.25, 0.3) is 0 Å². The average molecular weight is 255 g/mol. The maximum atomic E-state index is 6.34. The summed E-state index contributed by atoms with van der Waals surface area (Å²) in [6.07, 6.45) is 0. The van der Waals surface area contributed by atoms with Crippen LogP contribution in [-0.4, -0.2) is 7.11 Å². The molecule has 2 N–H and O–H groups in total. The van der Waals surface area contributed by atoms with Gasteiger partial charge in [-0.3, -0.25) is 0 Å². The third-order valence-corrected chi connectivity index (χ3v) is 3.56. The van der Waals surface area contributed by atoms with E-state index < -0.39 is 0 Å². The number of nitrogens with two attached hydrogens (primary N) is 1. The summed E-state index contributed by atoms with van der Waals surface area (Å²) in [5.74, 6) is 0.831. The highest BCUT2D eigenvalue weighted by Gasteiger charge is 2.15. The fourth-order valence-electron chi connectivity index (χ4n) is 2.41. The molecule has 1 heterocycles. The molecular formula is C16H17NO2. The predicted octanol–water partition coefficient (Wildman–Crippen LogP) is 2.77. The van der Waals surface area contributed by atoms with Gasteiger partial charge >= 0.3 is 0 Å². The van der Waals surface area contributed by atoms with Crippen molar-refractivity contribution >= 4 is 0 Å². The Balaban J connectivity index is 1.92. The summed E-state index contributed by atoms with van der Waals surface area (Å²) in [5.41, 5.74) is 11.0. The van der Waals surface area contributed by atoms with E-state index >= 15 is 0 Å². The van der Waals surface area contributed by atoms with Crippen LogP contribution in [0, 0.1) is 0 Å². The van der Waals surface area contributed by atoms with Crippen molar-refractivity contribution in [1.82, 2.24) is 0 Å². The Morgan fingerprint density at radius 1 is 1.05 bits per heavy atom. The van der Waals surface area contributed by atoms with Crippen LogP contribution in [0.3, 0.4) is 0 Å². The van der Waals surface area contributed by atoms with Crippen molar-refractivity contribution in [1.29, 1.82) is 0 Å². The molecule has 0 amide bonds. The lowest BCUT2D eigenvalue weighted by atomic mass is 9.96. The van der Waals surface area contributed by atoms with Crippen LogP contribution in [0.25, 0.3) is 0 Å². The summed E-state index contributed by atoms with van der Waals surface area (Å²) in [7, 11) is 1.66. The van der Waals surface area contributed by atoms with Gasteiger partial charge in [-0.2, -0.15) is 0 Å². The fraction of sp³-hybridized carbons (Fsp3) is 0.250. The zero-order valence-electron chi connectivity index (χ0n) is 10.9. The van der Waals surface area contributed by atoms with Gasteiger partial charge in [0.15, 0.2) is 0 Å². The van der Waals surface area contributed by atoms with Crippen molar-refractivity contribution in [3.63, 3.8) is 0 Å². The summed E-state index contributed by atoms with van der Waals surface area (Å²) in [6.45, 7) is 1.40. The molecule has 0 aliphatic carbocycles. The zero-order chi connectivity index (χ0) is 13.2. The highest BCUT2D eigenvalue weighted by atomic mass is 16.5. The summed E-state index contributed by atoms with van der Waals surface area (Å²) in [4.78, 5) is 0. The molecule has 0 saturated heterocycles. The van der Waals surface area contributed by atoms with E-state index in [1.807, 2.05) is 24.3 Å². The summed E-state index contributed by atoms with van der Waals surface area (Å²) in [5, 5.41) is 0. The summed E-state index contributed by atoms with van der Waals surface area (Å²) < 4.78 is 10.7. The molecule has 1 atom stereocenters. The molecule has 2 aromatic carbocycles. The number of hydrogen-bond donors (Lipinski definition) is 1. The third-order valence-electron chi connectivity index (χ3n) is 3.56. The first kappa shape index (κ1) is 12.2. The molecule has 1 unspecified atom stereocenters. The molecule has 19 heavy (non-hydrogen) atoms. The van der Waals surface area contributed by atoms with E-state index in [0.29, 0.717) is 13.2 Å². The van der Waals surface area contributed by atoms with E-state index in [4.69, 9.17) is 15.2 Å². The van der Waals surface area contributed by atoms with Crippen molar-refractivity contribution < 1.29 is 9.47 Å². The van der Waals surface area contributed by atoms with Crippen LogP contribution in [0.1, 0.15) is 28.3 Å². The van der Waals surface area contributed by atoms with Gasteiger partial charge in [0.05, 0.1) is 26.4 Å². The first-order chi connectivity index (χ1) is 9.28. The highest BCUT2D eigenvalue weighted by molar-refractivity contribution is 5.40. The van der Waals surface area contributed by atoms with E-state index in [2.05, 4.69) is 18.2 Å². The number of rotatable bonds is 3. The van der Waals surface area contributed by atoms with Gasteiger partial charge in [-0.1, -0.05) is 30.3 Å². The van der Waals surface area contributed by atoms with E-state index in [1.54, 1.807) is 7.11 Å². The van der Waals surface area contributed by atoms with Gasteiger partial charge in [-0.25, -0.2) is 0 Å². The molecular weight excluding hydrogens is 238 g/mol. The van der Waals surface area contributed by atoms with E-state index in [0.717, 1.165) is 16.9 Å². The van der Waals surface area contributed by atoms with Gasteiger partial charge in [-0.15, -0.1) is 0 Å². The van der Waals surface area contributed by atoms with Crippen LogP contribution in [-0.2, 0) is 18.0 Å².